The number of hydrogen-bond acceptors (Lipinski definition) is 6. The van der Waals surface area contributed by atoms with Gasteiger partial charge >= 0.3 is 5.97 Å². The van der Waals surface area contributed by atoms with Crippen molar-refractivity contribution in [1.29, 1.82) is 0 Å². The average Bonchev–Trinajstić information content (AvgIpc) is 3.59. The number of carboxylic acids is 1. The van der Waals surface area contributed by atoms with E-state index in [0.29, 0.717) is 45.8 Å². The number of aromatic nitrogens is 2. The summed E-state index contributed by atoms with van der Waals surface area (Å²) in [4.78, 5) is 29.8. The summed E-state index contributed by atoms with van der Waals surface area (Å²) in [6.07, 6.45) is 6.96. The Morgan fingerprint density at radius 1 is 1.31 bits per heavy atom. The fourth-order valence-electron chi connectivity index (χ4n) is 5.46. The molecule has 1 fully saturated rings. The number of carbonyl (C=O) groups is 2. The van der Waals surface area contributed by atoms with Gasteiger partial charge in [0, 0.05) is 63.5 Å². The standard InChI is InChI=1S/C26H37N5O4/c1-2-3-11-29(14-9-27)24(32)18-30-17-21(19-5-6-23-20(16-19)8-15-35-23)25(26(33)34)22(30)7-13-31-12-4-10-28-31/h4-6,10,12,16,21-22,25H,2-3,7-9,11,13-15,17-18,27H2,1H3,(H,33,34). The van der Waals surface area contributed by atoms with Gasteiger partial charge in [-0.05, 0) is 36.1 Å². The monoisotopic (exact) mass is 483 g/mol. The van der Waals surface area contributed by atoms with E-state index in [9.17, 15) is 14.7 Å². The van der Waals surface area contributed by atoms with E-state index in [1.807, 2.05) is 34.0 Å². The van der Waals surface area contributed by atoms with Crippen LogP contribution in [0, 0.1) is 5.92 Å². The smallest absolute Gasteiger partial charge is 0.308 e. The molecule has 3 unspecified atom stereocenters. The Balaban J connectivity index is 1.58. The minimum Gasteiger partial charge on any atom is -0.493 e. The van der Waals surface area contributed by atoms with Gasteiger partial charge in [0.15, 0.2) is 0 Å². The van der Waals surface area contributed by atoms with E-state index in [2.05, 4.69) is 23.0 Å². The van der Waals surface area contributed by atoms with Crippen LogP contribution in [-0.2, 0) is 22.6 Å². The predicted molar refractivity (Wildman–Crippen MR) is 132 cm³/mol. The molecule has 0 spiro atoms. The van der Waals surface area contributed by atoms with Crippen molar-refractivity contribution in [2.75, 3.05) is 39.3 Å². The number of nitrogens with two attached hydrogens (primary N) is 1. The number of fused-ring (bicyclic) bond motifs is 1. The zero-order chi connectivity index (χ0) is 24.8. The third-order valence-corrected chi connectivity index (χ3v) is 7.26. The average molecular weight is 484 g/mol. The van der Waals surface area contributed by atoms with Gasteiger partial charge in [0.05, 0.1) is 19.1 Å². The Morgan fingerprint density at radius 3 is 2.89 bits per heavy atom. The number of hydrogen-bond donors (Lipinski definition) is 2. The highest BCUT2D eigenvalue weighted by Gasteiger charge is 2.47. The van der Waals surface area contributed by atoms with Crippen molar-refractivity contribution in [1.82, 2.24) is 19.6 Å². The van der Waals surface area contributed by atoms with Gasteiger partial charge in [-0.3, -0.25) is 19.2 Å². The number of aliphatic carboxylic acids is 1. The molecule has 2 aliphatic heterocycles. The maximum absolute atomic E-state index is 13.3. The zero-order valence-corrected chi connectivity index (χ0v) is 20.5. The maximum Gasteiger partial charge on any atom is 0.308 e. The van der Waals surface area contributed by atoms with Gasteiger partial charge in [-0.1, -0.05) is 25.5 Å². The van der Waals surface area contributed by atoms with Gasteiger partial charge in [-0.25, -0.2) is 0 Å². The lowest BCUT2D eigenvalue weighted by Gasteiger charge is -2.29. The molecule has 9 heteroatoms. The lowest BCUT2D eigenvalue weighted by Crippen LogP contribution is -2.46. The van der Waals surface area contributed by atoms with Crippen molar-refractivity contribution in [2.24, 2.45) is 11.7 Å². The zero-order valence-electron chi connectivity index (χ0n) is 20.5. The lowest BCUT2D eigenvalue weighted by atomic mass is 9.83. The second-order valence-corrected chi connectivity index (χ2v) is 9.51. The Morgan fingerprint density at radius 2 is 2.17 bits per heavy atom. The van der Waals surface area contributed by atoms with Crippen LogP contribution < -0.4 is 10.5 Å². The number of unbranched alkanes of at least 4 members (excludes halogenated alkanes) is 1. The van der Waals surface area contributed by atoms with Gasteiger partial charge in [-0.2, -0.15) is 5.10 Å². The number of nitrogens with zero attached hydrogens (tertiary/aromatic N) is 4. The molecule has 1 amide bonds. The van der Waals surface area contributed by atoms with Crippen LogP contribution >= 0.6 is 0 Å². The summed E-state index contributed by atoms with van der Waals surface area (Å²) in [6, 6.07) is 7.62. The van der Waals surface area contributed by atoms with Crippen molar-refractivity contribution < 1.29 is 19.4 Å². The summed E-state index contributed by atoms with van der Waals surface area (Å²) in [7, 11) is 0. The molecule has 3 atom stereocenters. The predicted octanol–water partition coefficient (Wildman–Crippen LogP) is 1.96. The van der Waals surface area contributed by atoms with Crippen molar-refractivity contribution in [3.63, 3.8) is 0 Å². The molecule has 2 aliphatic rings. The Labute approximate surface area is 206 Å². The molecular formula is C26H37N5O4. The maximum atomic E-state index is 13.3. The summed E-state index contributed by atoms with van der Waals surface area (Å²) >= 11 is 0. The molecule has 0 aliphatic carbocycles. The van der Waals surface area contributed by atoms with E-state index in [1.165, 1.54) is 0 Å². The largest absolute Gasteiger partial charge is 0.493 e. The fraction of sp³-hybridized carbons (Fsp3) is 0.577. The summed E-state index contributed by atoms with van der Waals surface area (Å²) in [6.45, 7) is 5.68. The van der Waals surface area contributed by atoms with E-state index >= 15 is 0 Å². The van der Waals surface area contributed by atoms with Gasteiger partial charge < -0.3 is 20.5 Å². The molecule has 190 valence electrons. The molecule has 0 radical (unpaired) electrons. The molecular weight excluding hydrogens is 446 g/mol. The van der Waals surface area contributed by atoms with Crippen LogP contribution in [0.3, 0.4) is 0 Å². The molecule has 4 rings (SSSR count). The first-order chi connectivity index (χ1) is 17.0. The first kappa shape index (κ1) is 25.2. The van der Waals surface area contributed by atoms with E-state index in [1.54, 1.807) is 6.20 Å². The normalized spacial score (nSPS) is 21.6. The topological polar surface area (TPSA) is 114 Å². The first-order valence-corrected chi connectivity index (χ1v) is 12.7. The number of carbonyl (C=O) groups excluding carboxylic acids is 1. The second-order valence-electron chi connectivity index (χ2n) is 9.51. The molecule has 2 aromatic rings. The van der Waals surface area contributed by atoms with Crippen LogP contribution in [0.2, 0.25) is 0 Å². The van der Waals surface area contributed by atoms with Crippen molar-refractivity contribution in [3.05, 3.63) is 47.8 Å². The number of benzene rings is 1. The minimum absolute atomic E-state index is 0.0140. The Kier molecular flexibility index (Phi) is 8.41. The summed E-state index contributed by atoms with van der Waals surface area (Å²) in [5, 5.41) is 14.6. The third kappa shape index (κ3) is 5.85. The number of aryl methyl sites for hydroxylation is 1. The molecule has 3 heterocycles. The molecule has 9 nitrogen and oxygen atoms in total. The van der Waals surface area contributed by atoms with E-state index in [0.717, 1.165) is 36.1 Å². The Hall–Kier alpha value is -2.91. The van der Waals surface area contributed by atoms with Crippen LogP contribution in [-0.4, -0.2) is 81.9 Å². The lowest BCUT2D eigenvalue weighted by molar-refractivity contribution is -0.144. The summed E-state index contributed by atoms with van der Waals surface area (Å²) < 4.78 is 7.47. The second kappa shape index (κ2) is 11.7. The number of rotatable bonds is 12. The van der Waals surface area contributed by atoms with E-state index in [4.69, 9.17) is 10.5 Å². The number of likely N-dealkylation sites (tertiary alicyclic amines) is 1. The van der Waals surface area contributed by atoms with Crippen molar-refractivity contribution in [2.45, 2.75) is 51.1 Å². The van der Waals surface area contributed by atoms with Gasteiger partial charge in [-0.15, -0.1) is 0 Å². The number of amides is 1. The highest BCUT2D eigenvalue weighted by Crippen LogP contribution is 2.41. The SMILES string of the molecule is CCCCN(CCN)C(=O)CN1CC(c2ccc3c(c2)CCO3)C(C(=O)O)C1CCn1cccn1. The molecule has 35 heavy (non-hydrogen) atoms. The van der Waals surface area contributed by atoms with E-state index in [-0.39, 0.29) is 24.4 Å². The van der Waals surface area contributed by atoms with E-state index < -0.39 is 11.9 Å². The third-order valence-electron chi connectivity index (χ3n) is 7.26. The minimum atomic E-state index is -0.822. The van der Waals surface area contributed by atoms with Gasteiger partial charge in [0.2, 0.25) is 5.91 Å². The van der Waals surface area contributed by atoms with Crippen LogP contribution in [0.4, 0.5) is 0 Å². The van der Waals surface area contributed by atoms with Crippen LogP contribution in [0.5, 0.6) is 5.75 Å². The highest BCUT2D eigenvalue weighted by molar-refractivity contribution is 5.79. The molecule has 3 N–H and O–H groups in total. The van der Waals surface area contributed by atoms with Crippen LogP contribution in [0.15, 0.2) is 36.7 Å². The Bertz CT molecular complexity index is 996. The highest BCUT2D eigenvalue weighted by atomic mass is 16.5. The quantitative estimate of drug-likeness (QED) is 0.474. The van der Waals surface area contributed by atoms with Gasteiger partial charge in [0.1, 0.15) is 5.75 Å². The summed E-state index contributed by atoms with van der Waals surface area (Å²) in [5.74, 6) is -0.740. The fourth-order valence-corrected chi connectivity index (χ4v) is 5.46. The number of ether oxygens (including phenoxy) is 1. The summed E-state index contributed by atoms with van der Waals surface area (Å²) in [5.41, 5.74) is 7.91. The molecule has 1 aromatic heterocycles. The van der Waals surface area contributed by atoms with Crippen molar-refractivity contribution >= 4 is 11.9 Å². The molecule has 1 aromatic carbocycles. The molecule has 0 bridgehead atoms. The van der Waals surface area contributed by atoms with Gasteiger partial charge in [0.25, 0.3) is 0 Å². The van der Waals surface area contributed by atoms with Crippen LogP contribution in [0.1, 0.15) is 43.2 Å². The molecule has 0 saturated carbocycles. The van der Waals surface area contributed by atoms with Crippen molar-refractivity contribution in [3.8, 4) is 5.75 Å². The van der Waals surface area contributed by atoms with Crippen LogP contribution in [0.25, 0.3) is 0 Å². The molecule has 1 saturated heterocycles. The first-order valence-electron chi connectivity index (χ1n) is 12.7. The number of carboxylic acid groups (broad SMARTS) is 1.